The molecule has 0 bridgehead atoms. The molecule has 2 aromatic rings. The highest BCUT2D eigenvalue weighted by atomic mass is 35.5. The molecule has 0 atom stereocenters. The molecule has 76 valence electrons. The molecule has 0 saturated heterocycles. The van der Waals surface area contributed by atoms with Gasteiger partial charge in [-0.05, 0) is 6.92 Å². The van der Waals surface area contributed by atoms with Crippen molar-refractivity contribution in [3.63, 3.8) is 0 Å². The van der Waals surface area contributed by atoms with Gasteiger partial charge in [0, 0.05) is 12.4 Å². The first kappa shape index (κ1) is 9.79. The van der Waals surface area contributed by atoms with Crippen molar-refractivity contribution in [2.75, 3.05) is 0 Å². The van der Waals surface area contributed by atoms with Gasteiger partial charge in [0.05, 0.1) is 22.5 Å². The molecule has 0 radical (unpaired) electrons. The van der Waals surface area contributed by atoms with E-state index in [1.54, 1.807) is 13.1 Å². The zero-order chi connectivity index (χ0) is 10.8. The van der Waals surface area contributed by atoms with Crippen LogP contribution in [0.4, 0.5) is 0 Å². The van der Waals surface area contributed by atoms with Crippen molar-refractivity contribution in [2.45, 2.75) is 6.92 Å². The van der Waals surface area contributed by atoms with Crippen molar-refractivity contribution < 1.29 is 4.79 Å². The van der Waals surface area contributed by atoms with Crippen molar-refractivity contribution in [1.82, 2.24) is 19.7 Å². The number of hydrogen-bond donors (Lipinski definition) is 0. The number of carbonyl (C=O) groups is 1. The summed E-state index contributed by atoms with van der Waals surface area (Å²) in [6, 6.07) is 0. The van der Waals surface area contributed by atoms with E-state index < -0.39 is 0 Å². The Kier molecular flexibility index (Phi) is 2.47. The van der Waals surface area contributed by atoms with Crippen LogP contribution in [0.2, 0.25) is 5.02 Å². The number of aromatic nitrogens is 4. The lowest BCUT2D eigenvalue weighted by molar-refractivity contribution is 0.112. The molecule has 0 aliphatic carbocycles. The summed E-state index contributed by atoms with van der Waals surface area (Å²) < 4.78 is 1.46. The Morgan fingerprint density at radius 3 is 2.53 bits per heavy atom. The first-order valence-corrected chi connectivity index (χ1v) is 4.58. The number of nitrogens with zero attached hydrogens (tertiary/aromatic N) is 4. The Balaban J connectivity index is 2.41. The molecule has 0 N–H and O–H groups in total. The van der Waals surface area contributed by atoms with Crippen LogP contribution in [0.5, 0.6) is 0 Å². The maximum absolute atomic E-state index is 10.4. The van der Waals surface area contributed by atoms with Gasteiger partial charge in [-0.2, -0.15) is 5.10 Å². The molecule has 0 aromatic carbocycles. The number of hydrogen-bond acceptors (Lipinski definition) is 4. The molecule has 0 fully saturated rings. The van der Waals surface area contributed by atoms with Gasteiger partial charge in [-0.3, -0.25) is 4.79 Å². The number of halogens is 1. The van der Waals surface area contributed by atoms with Crippen molar-refractivity contribution in [3.8, 4) is 5.95 Å². The fraction of sp³-hybridized carbons (Fsp3) is 0.111. The van der Waals surface area contributed by atoms with Crippen LogP contribution >= 0.6 is 11.6 Å². The molecule has 5 nitrogen and oxygen atoms in total. The first-order valence-electron chi connectivity index (χ1n) is 4.20. The number of carbonyl (C=O) groups excluding carboxylic acids is 1. The molecule has 6 heteroatoms. The van der Waals surface area contributed by atoms with Crippen LogP contribution in [0.15, 0.2) is 18.6 Å². The zero-order valence-electron chi connectivity index (χ0n) is 7.88. The monoisotopic (exact) mass is 222 g/mol. The van der Waals surface area contributed by atoms with Gasteiger partial charge >= 0.3 is 0 Å². The summed E-state index contributed by atoms with van der Waals surface area (Å²) in [6.45, 7) is 1.79. The second-order valence-corrected chi connectivity index (χ2v) is 3.35. The fourth-order valence-electron chi connectivity index (χ4n) is 1.05. The topological polar surface area (TPSA) is 60.7 Å². The Morgan fingerprint density at radius 2 is 2.07 bits per heavy atom. The predicted molar refractivity (Wildman–Crippen MR) is 54.3 cm³/mol. The molecule has 2 heterocycles. The van der Waals surface area contributed by atoms with Gasteiger partial charge in [-0.1, -0.05) is 11.6 Å². The molecule has 0 unspecified atom stereocenters. The molecule has 2 rings (SSSR count). The third kappa shape index (κ3) is 1.87. The quantitative estimate of drug-likeness (QED) is 0.722. The Morgan fingerprint density at radius 1 is 1.40 bits per heavy atom. The van der Waals surface area contributed by atoms with Crippen LogP contribution in [0.25, 0.3) is 5.95 Å². The van der Waals surface area contributed by atoms with Gasteiger partial charge in [0.2, 0.25) is 0 Å². The number of rotatable bonds is 2. The standard InChI is InChI=1S/C9H7ClN4O/c1-6-8(10)4-14(13-6)9-11-2-7(5-15)3-12-9/h2-5H,1H3. The van der Waals surface area contributed by atoms with E-state index in [1.165, 1.54) is 17.1 Å². The van der Waals surface area contributed by atoms with Crippen molar-refractivity contribution >= 4 is 17.9 Å². The molecule has 0 spiro atoms. The van der Waals surface area contributed by atoms with Crippen LogP contribution < -0.4 is 0 Å². The van der Waals surface area contributed by atoms with E-state index in [9.17, 15) is 4.79 Å². The van der Waals surface area contributed by atoms with E-state index in [0.717, 1.165) is 0 Å². The van der Waals surface area contributed by atoms with Crippen molar-refractivity contribution in [3.05, 3.63) is 34.9 Å². The van der Waals surface area contributed by atoms with Gasteiger partial charge in [0.15, 0.2) is 6.29 Å². The van der Waals surface area contributed by atoms with Crippen LogP contribution in [-0.4, -0.2) is 26.0 Å². The second-order valence-electron chi connectivity index (χ2n) is 2.94. The number of aryl methyl sites for hydroxylation is 1. The minimum atomic E-state index is 0.385. The molecule has 0 aliphatic heterocycles. The lowest BCUT2D eigenvalue weighted by atomic mass is 10.4. The molecular weight excluding hydrogens is 216 g/mol. The molecule has 0 amide bonds. The summed E-state index contributed by atoms with van der Waals surface area (Å²) in [5.74, 6) is 0.385. The number of aldehydes is 1. The minimum Gasteiger partial charge on any atom is -0.298 e. The summed E-state index contributed by atoms with van der Waals surface area (Å²) in [4.78, 5) is 18.3. The Bertz CT molecular complexity index is 472. The molecule has 2 aromatic heterocycles. The third-order valence-electron chi connectivity index (χ3n) is 1.84. The third-order valence-corrected chi connectivity index (χ3v) is 2.21. The van der Waals surface area contributed by atoms with E-state index in [0.29, 0.717) is 28.5 Å². The smallest absolute Gasteiger partial charge is 0.250 e. The van der Waals surface area contributed by atoms with Crippen molar-refractivity contribution in [2.24, 2.45) is 0 Å². The van der Waals surface area contributed by atoms with Gasteiger partial charge in [0.25, 0.3) is 5.95 Å². The largest absolute Gasteiger partial charge is 0.298 e. The van der Waals surface area contributed by atoms with Gasteiger partial charge < -0.3 is 0 Å². The SMILES string of the molecule is Cc1nn(-c2ncc(C=O)cn2)cc1Cl. The summed E-state index contributed by atoms with van der Waals surface area (Å²) in [5.41, 5.74) is 1.13. The van der Waals surface area contributed by atoms with E-state index in [-0.39, 0.29) is 0 Å². The lowest BCUT2D eigenvalue weighted by Gasteiger charge is -1.97. The van der Waals surface area contributed by atoms with E-state index in [4.69, 9.17) is 11.6 Å². The average Bonchev–Trinajstić information content (AvgIpc) is 2.59. The highest BCUT2D eigenvalue weighted by Gasteiger charge is 2.05. The van der Waals surface area contributed by atoms with E-state index in [1.807, 2.05) is 0 Å². The molecular formula is C9H7ClN4O. The summed E-state index contributed by atoms with van der Waals surface area (Å²) in [6.07, 6.45) is 5.17. The Labute approximate surface area is 90.7 Å². The summed E-state index contributed by atoms with van der Waals surface area (Å²) in [7, 11) is 0. The minimum absolute atomic E-state index is 0.385. The van der Waals surface area contributed by atoms with Gasteiger partial charge in [-0.25, -0.2) is 14.6 Å². The van der Waals surface area contributed by atoms with Crippen LogP contribution in [0, 0.1) is 6.92 Å². The van der Waals surface area contributed by atoms with E-state index in [2.05, 4.69) is 15.1 Å². The molecule has 15 heavy (non-hydrogen) atoms. The van der Waals surface area contributed by atoms with Gasteiger partial charge in [-0.15, -0.1) is 0 Å². The van der Waals surface area contributed by atoms with Crippen LogP contribution in [0.3, 0.4) is 0 Å². The maximum atomic E-state index is 10.4. The van der Waals surface area contributed by atoms with Crippen molar-refractivity contribution in [1.29, 1.82) is 0 Å². The molecule has 0 aliphatic rings. The van der Waals surface area contributed by atoms with Crippen LogP contribution in [0.1, 0.15) is 16.1 Å². The summed E-state index contributed by atoms with van der Waals surface area (Å²) >= 11 is 5.84. The summed E-state index contributed by atoms with van der Waals surface area (Å²) in [5, 5.41) is 4.66. The normalized spacial score (nSPS) is 10.3. The van der Waals surface area contributed by atoms with Crippen LogP contribution in [-0.2, 0) is 0 Å². The molecule has 0 saturated carbocycles. The second kappa shape index (κ2) is 3.78. The first-order chi connectivity index (χ1) is 7.20. The zero-order valence-corrected chi connectivity index (χ0v) is 8.64. The highest BCUT2D eigenvalue weighted by Crippen LogP contribution is 2.13. The van der Waals surface area contributed by atoms with Gasteiger partial charge in [0.1, 0.15) is 0 Å². The fourth-order valence-corrected chi connectivity index (χ4v) is 1.18. The maximum Gasteiger partial charge on any atom is 0.250 e. The Hall–Kier alpha value is -1.75. The lowest BCUT2D eigenvalue weighted by Crippen LogP contribution is -2.02. The highest BCUT2D eigenvalue weighted by molar-refractivity contribution is 6.31. The predicted octanol–water partition coefficient (Wildman–Crippen LogP) is 1.44. The average molecular weight is 223 g/mol. The van der Waals surface area contributed by atoms with E-state index >= 15 is 0 Å².